The number of halogens is 2. The van der Waals surface area contributed by atoms with E-state index in [4.69, 9.17) is 0 Å². The average Bonchev–Trinajstić information content (AvgIpc) is 3.58. The highest BCUT2D eigenvalue weighted by Crippen LogP contribution is 2.58. The Kier molecular flexibility index (Phi) is 4.21. The Morgan fingerprint density at radius 2 is 1.06 bits per heavy atom. The van der Waals surface area contributed by atoms with Crippen LogP contribution in [-0.2, 0) is 10.8 Å². The van der Waals surface area contributed by atoms with Crippen LogP contribution in [0.15, 0.2) is 47.2 Å². The average molecular weight is 523 g/mol. The first-order chi connectivity index (χ1) is 16.2. The Balaban J connectivity index is 1.33. The topological polar surface area (TPSA) is 0 Å². The molecule has 2 aliphatic rings. The summed E-state index contributed by atoms with van der Waals surface area (Å²) in [5, 5.41) is 4.23. The number of benzene rings is 1. The van der Waals surface area contributed by atoms with Crippen LogP contribution in [0.25, 0.3) is 40.4 Å². The fraction of sp³-hybridized carbons (Fsp3) is 0.214. The quantitative estimate of drug-likeness (QED) is 0.216. The van der Waals surface area contributed by atoms with Gasteiger partial charge < -0.3 is 0 Å². The molecule has 0 N–H and O–H groups in total. The first-order valence-electron chi connectivity index (χ1n) is 11.1. The highest BCUT2D eigenvalue weighted by Gasteiger charge is 2.40. The van der Waals surface area contributed by atoms with Crippen LogP contribution in [-0.4, -0.2) is 0 Å². The van der Waals surface area contributed by atoms with Crippen LogP contribution in [0, 0.1) is 11.6 Å². The monoisotopic (exact) mass is 522 g/mol. The highest BCUT2D eigenvalue weighted by atomic mass is 32.1. The lowest BCUT2D eigenvalue weighted by Crippen LogP contribution is -2.13. The van der Waals surface area contributed by atoms with Crippen molar-refractivity contribution in [2.45, 2.75) is 38.5 Å². The van der Waals surface area contributed by atoms with E-state index < -0.39 is 11.6 Å². The third-order valence-corrected chi connectivity index (χ3v) is 12.0. The summed E-state index contributed by atoms with van der Waals surface area (Å²) in [6.07, 6.45) is 0. The molecule has 4 heterocycles. The minimum Gasteiger partial charge on any atom is -0.206 e. The fourth-order valence-electron chi connectivity index (χ4n) is 5.51. The number of thiophene rings is 4. The Labute approximate surface area is 213 Å². The summed E-state index contributed by atoms with van der Waals surface area (Å²) in [7, 11) is 0. The Morgan fingerprint density at radius 1 is 0.588 bits per heavy atom. The van der Waals surface area contributed by atoms with E-state index in [1.54, 1.807) is 34.0 Å². The molecule has 6 heteroatoms. The fourth-order valence-corrected chi connectivity index (χ4v) is 10.6. The molecule has 0 atom stereocenters. The van der Waals surface area contributed by atoms with Crippen molar-refractivity contribution in [2.75, 3.05) is 0 Å². The molecule has 0 amide bonds. The van der Waals surface area contributed by atoms with Crippen LogP contribution in [0.5, 0.6) is 0 Å². The van der Waals surface area contributed by atoms with E-state index in [1.165, 1.54) is 60.4 Å². The molecule has 34 heavy (non-hydrogen) atoms. The van der Waals surface area contributed by atoms with Gasteiger partial charge in [0.1, 0.15) is 11.6 Å². The van der Waals surface area contributed by atoms with Crippen molar-refractivity contribution in [1.29, 1.82) is 0 Å². The largest absolute Gasteiger partial charge is 0.206 e. The van der Waals surface area contributed by atoms with Gasteiger partial charge in [-0.2, -0.15) is 0 Å². The lowest BCUT2D eigenvalue weighted by molar-refractivity contribution is 0.591. The second-order valence-electron chi connectivity index (χ2n) is 10.1. The molecule has 0 aliphatic heterocycles. The Morgan fingerprint density at radius 3 is 1.59 bits per heavy atom. The second-order valence-corrected chi connectivity index (χ2v) is 14.0. The standard InChI is InChI=1S/C28H20F2S4/c1-27(2)14-5-7-31-23(14)25-16(27)11-20(33-25)13-9-18(29)22(19(30)10-13)21-12-17-26(34-21)24-15(6-8-32-24)28(17,3)4/h5-12H,1-4H3. The van der Waals surface area contributed by atoms with Crippen molar-refractivity contribution >= 4 is 45.3 Å². The summed E-state index contributed by atoms with van der Waals surface area (Å²) in [6.45, 7) is 8.82. The van der Waals surface area contributed by atoms with E-state index in [2.05, 4.69) is 56.7 Å². The first kappa shape index (κ1) is 21.2. The molecule has 0 spiro atoms. The molecule has 0 unspecified atom stereocenters. The zero-order valence-corrected chi connectivity index (χ0v) is 22.3. The van der Waals surface area contributed by atoms with Crippen molar-refractivity contribution in [2.24, 2.45) is 0 Å². The molecule has 0 bridgehead atoms. The maximum atomic E-state index is 15.5. The van der Waals surface area contributed by atoms with E-state index in [-0.39, 0.29) is 16.4 Å². The lowest BCUT2D eigenvalue weighted by Gasteiger charge is -2.19. The number of fused-ring (bicyclic) bond motifs is 6. The molecule has 1 aromatic carbocycles. The van der Waals surface area contributed by atoms with E-state index in [9.17, 15) is 0 Å². The lowest BCUT2D eigenvalue weighted by atomic mass is 9.84. The molecule has 0 fully saturated rings. The Bertz CT molecular complexity index is 1610. The summed E-state index contributed by atoms with van der Waals surface area (Å²) in [5.41, 5.74) is 5.55. The predicted molar refractivity (Wildman–Crippen MR) is 144 cm³/mol. The van der Waals surface area contributed by atoms with E-state index in [1.807, 2.05) is 6.07 Å². The van der Waals surface area contributed by atoms with Crippen LogP contribution >= 0.6 is 45.3 Å². The van der Waals surface area contributed by atoms with Crippen LogP contribution in [0.2, 0.25) is 0 Å². The minimum atomic E-state index is -0.497. The van der Waals surface area contributed by atoms with E-state index >= 15 is 8.78 Å². The summed E-state index contributed by atoms with van der Waals surface area (Å²) >= 11 is 6.59. The smallest absolute Gasteiger partial charge is 0.135 e. The van der Waals surface area contributed by atoms with Gasteiger partial charge in [0.25, 0.3) is 0 Å². The first-order valence-corrected chi connectivity index (χ1v) is 14.5. The molecule has 5 aromatic rings. The second kappa shape index (κ2) is 6.76. The summed E-state index contributed by atoms with van der Waals surface area (Å²) in [6, 6.07) is 11.5. The summed E-state index contributed by atoms with van der Waals surface area (Å²) < 4.78 is 31.0. The molecule has 170 valence electrons. The molecular weight excluding hydrogens is 503 g/mol. The maximum absolute atomic E-state index is 15.5. The van der Waals surface area contributed by atoms with Gasteiger partial charge in [-0.25, -0.2) is 8.78 Å². The van der Waals surface area contributed by atoms with Gasteiger partial charge in [0.05, 0.1) is 5.56 Å². The Hall–Kier alpha value is -2.12. The SMILES string of the molecule is CC1(C)c2ccsc2-c2sc(-c3cc(F)c(-c4cc5c(s4)-c4sccc4C5(C)C)c(F)c3)cc21. The third-order valence-electron chi connectivity index (χ3n) is 7.47. The molecule has 0 saturated heterocycles. The van der Waals surface area contributed by atoms with Crippen LogP contribution in [0.3, 0.4) is 0 Å². The van der Waals surface area contributed by atoms with Gasteiger partial charge in [0.2, 0.25) is 0 Å². The van der Waals surface area contributed by atoms with Crippen molar-refractivity contribution in [1.82, 2.24) is 0 Å². The van der Waals surface area contributed by atoms with Crippen molar-refractivity contribution in [3.63, 3.8) is 0 Å². The molecule has 2 aliphatic carbocycles. The van der Waals surface area contributed by atoms with Gasteiger partial charge in [-0.15, -0.1) is 45.3 Å². The predicted octanol–water partition coefficient (Wildman–Crippen LogP) is 10.2. The van der Waals surface area contributed by atoms with E-state index in [0.717, 1.165) is 9.75 Å². The summed E-state index contributed by atoms with van der Waals surface area (Å²) in [5.74, 6) is -0.993. The van der Waals surface area contributed by atoms with Crippen LogP contribution in [0.4, 0.5) is 8.78 Å². The summed E-state index contributed by atoms with van der Waals surface area (Å²) in [4.78, 5) is 6.49. The van der Waals surface area contributed by atoms with Gasteiger partial charge in [-0.3, -0.25) is 0 Å². The molecule has 7 rings (SSSR count). The molecule has 0 saturated carbocycles. The van der Waals surface area contributed by atoms with Crippen LogP contribution < -0.4 is 0 Å². The van der Waals surface area contributed by atoms with Gasteiger partial charge in [0.15, 0.2) is 0 Å². The number of hydrogen-bond acceptors (Lipinski definition) is 4. The van der Waals surface area contributed by atoms with Gasteiger partial charge in [-0.1, -0.05) is 27.7 Å². The van der Waals surface area contributed by atoms with Crippen LogP contribution in [0.1, 0.15) is 49.9 Å². The zero-order chi connectivity index (χ0) is 23.6. The van der Waals surface area contributed by atoms with Gasteiger partial charge in [-0.05, 0) is 75.0 Å². The number of hydrogen-bond donors (Lipinski definition) is 0. The molecule has 0 radical (unpaired) electrons. The van der Waals surface area contributed by atoms with E-state index in [0.29, 0.717) is 10.4 Å². The molecular formula is C28H20F2S4. The molecule has 4 aromatic heterocycles. The zero-order valence-electron chi connectivity index (χ0n) is 19.0. The van der Waals surface area contributed by atoms with Gasteiger partial charge >= 0.3 is 0 Å². The maximum Gasteiger partial charge on any atom is 0.135 e. The van der Waals surface area contributed by atoms with Gasteiger partial charge in [0, 0.05) is 40.1 Å². The highest BCUT2D eigenvalue weighted by molar-refractivity contribution is 7.24. The van der Waals surface area contributed by atoms with Crippen molar-refractivity contribution in [3.8, 4) is 40.4 Å². The normalized spacial score (nSPS) is 16.4. The third kappa shape index (κ3) is 2.60. The minimum absolute atomic E-state index is 0.0819. The molecule has 0 nitrogen and oxygen atoms in total. The number of rotatable bonds is 2. The van der Waals surface area contributed by atoms with Crippen molar-refractivity contribution < 1.29 is 8.78 Å². The van der Waals surface area contributed by atoms with Crippen molar-refractivity contribution in [3.05, 3.63) is 81.0 Å².